The molecule has 8 heteroatoms. The van der Waals surface area contributed by atoms with Crippen LogP contribution in [-0.2, 0) is 0 Å². The number of carbonyl (C=O) groups excluding carboxylic acids is 1. The summed E-state index contributed by atoms with van der Waals surface area (Å²) < 4.78 is 0. The highest BCUT2D eigenvalue weighted by Crippen LogP contribution is 2.15. The van der Waals surface area contributed by atoms with Crippen molar-refractivity contribution in [2.75, 3.05) is 42.5 Å². The zero-order valence-corrected chi connectivity index (χ0v) is 13.3. The molecular weight excluding hydrogens is 306 g/mol. The molecule has 0 radical (unpaired) electrons. The molecule has 3 rings (SSSR count). The van der Waals surface area contributed by atoms with Gasteiger partial charge in [0.05, 0.1) is 0 Å². The third-order valence-electron chi connectivity index (χ3n) is 3.73. The molecule has 1 aliphatic heterocycles. The first-order valence-electron chi connectivity index (χ1n) is 7.77. The highest BCUT2D eigenvalue weighted by Gasteiger charge is 2.20. The summed E-state index contributed by atoms with van der Waals surface area (Å²) in [4.78, 5) is 24.6. The Bertz CT molecular complexity index is 681. The fraction of sp³-hybridized carbons (Fsp3) is 0.312. The molecule has 124 valence electrons. The summed E-state index contributed by atoms with van der Waals surface area (Å²) in [5, 5.41) is 10.9. The molecule has 0 saturated carbocycles. The maximum Gasteiger partial charge on any atom is 0.272 e. The van der Waals surface area contributed by atoms with Gasteiger partial charge in [-0.15, -0.1) is 16.8 Å². The van der Waals surface area contributed by atoms with Crippen molar-refractivity contribution in [3.8, 4) is 0 Å². The molecule has 1 N–H and O–H groups in total. The molecule has 1 amide bonds. The van der Waals surface area contributed by atoms with Crippen molar-refractivity contribution >= 4 is 17.7 Å². The van der Waals surface area contributed by atoms with E-state index in [0.717, 1.165) is 37.9 Å². The van der Waals surface area contributed by atoms with Crippen LogP contribution in [0.1, 0.15) is 10.5 Å². The minimum Gasteiger partial charge on any atom is -0.352 e. The van der Waals surface area contributed by atoms with E-state index in [1.165, 1.54) is 0 Å². The van der Waals surface area contributed by atoms with Gasteiger partial charge in [0.1, 0.15) is 0 Å². The van der Waals surface area contributed by atoms with Crippen molar-refractivity contribution in [1.29, 1.82) is 0 Å². The highest BCUT2D eigenvalue weighted by atomic mass is 16.1. The Balaban J connectivity index is 1.58. The van der Waals surface area contributed by atoms with Crippen LogP contribution >= 0.6 is 0 Å². The summed E-state index contributed by atoms with van der Waals surface area (Å²) in [6.45, 7) is 7.19. The van der Waals surface area contributed by atoms with E-state index in [1.807, 2.05) is 12.1 Å². The first-order valence-corrected chi connectivity index (χ1v) is 7.77. The average Bonchev–Trinajstić information content (AvgIpc) is 2.67. The second-order valence-electron chi connectivity index (χ2n) is 5.30. The van der Waals surface area contributed by atoms with Gasteiger partial charge in [-0.25, -0.2) is 9.97 Å². The number of carbonyl (C=O) groups is 1. The van der Waals surface area contributed by atoms with E-state index in [2.05, 4.69) is 41.9 Å². The van der Waals surface area contributed by atoms with Crippen molar-refractivity contribution in [2.24, 2.45) is 0 Å². The molecule has 1 aliphatic rings. The van der Waals surface area contributed by atoms with Crippen molar-refractivity contribution in [1.82, 2.24) is 25.5 Å². The molecule has 0 bridgehead atoms. The summed E-state index contributed by atoms with van der Waals surface area (Å²) >= 11 is 0. The zero-order valence-electron chi connectivity index (χ0n) is 13.3. The summed E-state index contributed by atoms with van der Waals surface area (Å²) in [6.07, 6.45) is 5.11. The van der Waals surface area contributed by atoms with Crippen LogP contribution in [0.4, 0.5) is 11.8 Å². The Morgan fingerprint density at radius 3 is 2.46 bits per heavy atom. The van der Waals surface area contributed by atoms with Crippen LogP contribution < -0.4 is 15.1 Å². The van der Waals surface area contributed by atoms with Crippen LogP contribution in [0.5, 0.6) is 0 Å². The van der Waals surface area contributed by atoms with E-state index in [9.17, 15) is 4.79 Å². The van der Waals surface area contributed by atoms with Gasteiger partial charge in [-0.1, -0.05) is 6.08 Å². The SMILES string of the molecule is C=CCNC(=O)c1ccc(N2CCN(c3ncccn3)CC2)nn1. The van der Waals surface area contributed by atoms with Crippen molar-refractivity contribution in [2.45, 2.75) is 0 Å². The van der Waals surface area contributed by atoms with Crippen LogP contribution in [0.15, 0.2) is 43.2 Å². The number of aromatic nitrogens is 4. The van der Waals surface area contributed by atoms with E-state index in [4.69, 9.17) is 0 Å². The Hall–Kier alpha value is -3.03. The summed E-state index contributed by atoms with van der Waals surface area (Å²) in [5.74, 6) is 1.27. The predicted molar refractivity (Wildman–Crippen MR) is 91.0 cm³/mol. The lowest BCUT2D eigenvalue weighted by atomic mass is 10.3. The van der Waals surface area contributed by atoms with Crippen molar-refractivity contribution in [3.63, 3.8) is 0 Å². The Morgan fingerprint density at radius 1 is 1.12 bits per heavy atom. The number of rotatable bonds is 5. The highest BCUT2D eigenvalue weighted by molar-refractivity contribution is 5.92. The van der Waals surface area contributed by atoms with Gasteiger partial charge < -0.3 is 15.1 Å². The molecule has 24 heavy (non-hydrogen) atoms. The fourth-order valence-electron chi connectivity index (χ4n) is 2.46. The Kier molecular flexibility index (Phi) is 4.95. The second-order valence-corrected chi connectivity index (χ2v) is 5.30. The fourth-order valence-corrected chi connectivity index (χ4v) is 2.46. The predicted octanol–water partition coefficient (Wildman–Crippen LogP) is 0.509. The molecule has 3 heterocycles. The molecule has 0 atom stereocenters. The van der Waals surface area contributed by atoms with Crippen molar-refractivity contribution < 1.29 is 4.79 Å². The normalized spacial score (nSPS) is 14.3. The van der Waals surface area contributed by atoms with Gasteiger partial charge in [0, 0.05) is 45.1 Å². The standard InChI is InChI=1S/C16H19N7O/c1-2-6-17-15(24)13-4-5-14(21-20-13)22-9-11-23(12-10-22)16-18-7-3-8-19-16/h2-5,7-8H,1,6,9-12H2,(H,17,24). The van der Waals surface area contributed by atoms with Crippen LogP contribution in [0.25, 0.3) is 0 Å². The molecule has 0 aliphatic carbocycles. The maximum absolute atomic E-state index is 11.8. The number of hydrogen-bond donors (Lipinski definition) is 1. The van der Waals surface area contributed by atoms with Gasteiger partial charge in [-0.05, 0) is 18.2 Å². The molecule has 2 aromatic heterocycles. The first kappa shape index (κ1) is 15.9. The lowest BCUT2D eigenvalue weighted by molar-refractivity contribution is 0.0952. The number of hydrogen-bond acceptors (Lipinski definition) is 7. The number of anilines is 2. The van der Waals surface area contributed by atoms with E-state index in [1.54, 1.807) is 24.5 Å². The quantitative estimate of drug-likeness (QED) is 0.801. The van der Waals surface area contributed by atoms with Crippen LogP contribution in [0, 0.1) is 0 Å². The third-order valence-corrected chi connectivity index (χ3v) is 3.73. The second kappa shape index (κ2) is 7.49. The van der Waals surface area contributed by atoms with Crippen LogP contribution in [-0.4, -0.2) is 58.8 Å². The molecule has 0 spiro atoms. The summed E-state index contributed by atoms with van der Waals surface area (Å²) in [5.41, 5.74) is 0.303. The lowest BCUT2D eigenvalue weighted by Crippen LogP contribution is -2.47. The number of amides is 1. The van der Waals surface area contributed by atoms with Gasteiger partial charge in [0.25, 0.3) is 5.91 Å². The van der Waals surface area contributed by atoms with Crippen molar-refractivity contribution in [3.05, 3.63) is 48.9 Å². The lowest BCUT2D eigenvalue weighted by Gasteiger charge is -2.35. The number of nitrogens with zero attached hydrogens (tertiary/aromatic N) is 6. The van der Waals surface area contributed by atoms with Crippen LogP contribution in [0.2, 0.25) is 0 Å². The molecule has 2 aromatic rings. The molecule has 8 nitrogen and oxygen atoms in total. The Morgan fingerprint density at radius 2 is 1.83 bits per heavy atom. The van der Waals surface area contributed by atoms with Gasteiger partial charge in [0.15, 0.2) is 11.5 Å². The van der Waals surface area contributed by atoms with E-state index < -0.39 is 0 Å². The van der Waals surface area contributed by atoms with Gasteiger partial charge >= 0.3 is 0 Å². The van der Waals surface area contributed by atoms with Gasteiger partial charge in [0.2, 0.25) is 5.95 Å². The molecule has 0 unspecified atom stereocenters. The average molecular weight is 325 g/mol. The largest absolute Gasteiger partial charge is 0.352 e. The number of piperazine rings is 1. The smallest absolute Gasteiger partial charge is 0.272 e. The van der Waals surface area contributed by atoms with E-state index in [-0.39, 0.29) is 5.91 Å². The topological polar surface area (TPSA) is 87.1 Å². The summed E-state index contributed by atoms with van der Waals surface area (Å²) in [6, 6.07) is 5.32. The van der Waals surface area contributed by atoms with E-state index in [0.29, 0.717) is 12.2 Å². The van der Waals surface area contributed by atoms with Gasteiger partial charge in [-0.3, -0.25) is 4.79 Å². The first-order chi connectivity index (χ1) is 11.8. The molecule has 1 saturated heterocycles. The Labute approximate surface area is 140 Å². The number of nitrogens with one attached hydrogen (secondary N) is 1. The molecule has 1 fully saturated rings. The van der Waals surface area contributed by atoms with Gasteiger partial charge in [-0.2, -0.15) is 0 Å². The maximum atomic E-state index is 11.8. The minimum atomic E-state index is -0.250. The molecular formula is C16H19N7O. The minimum absolute atomic E-state index is 0.250. The zero-order chi connectivity index (χ0) is 16.8. The third kappa shape index (κ3) is 3.65. The van der Waals surface area contributed by atoms with E-state index >= 15 is 0 Å². The monoisotopic (exact) mass is 325 g/mol. The van der Waals surface area contributed by atoms with Crippen LogP contribution in [0.3, 0.4) is 0 Å². The molecule has 0 aromatic carbocycles. The summed E-state index contributed by atoms with van der Waals surface area (Å²) in [7, 11) is 0.